The maximum atomic E-state index is 11.7. The molecule has 2 N–H and O–H groups in total. The molecular weight excluding hydrogens is 244 g/mol. The molecule has 0 aliphatic carbocycles. The van der Waals surface area contributed by atoms with Crippen molar-refractivity contribution in [1.29, 1.82) is 0 Å². The fourth-order valence-corrected chi connectivity index (χ4v) is 2.13. The van der Waals surface area contributed by atoms with Gasteiger partial charge in [-0.3, -0.25) is 9.48 Å². The molecule has 1 aliphatic heterocycles. The van der Waals surface area contributed by atoms with Gasteiger partial charge in [-0.25, -0.2) is 0 Å². The summed E-state index contributed by atoms with van der Waals surface area (Å²) in [7, 11) is 1.80. The van der Waals surface area contributed by atoms with Crippen molar-refractivity contribution in [1.82, 2.24) is 20.4 Å². The van der Waals surface area contributed by atoms with Crippen LogP contribution in [-0.4, -0.2) is 48.0 Å². The lowest BCUT2D eigenvalue weighted by molar-refractivity contribution is 0.0318. The molecule has 0 aromatic carbocycles. The van der Waals surface area contributed by atoms with Gasteiger partial charge in [0.25, 0.3) is 5.91 Å². The highest BCUT2D eigenvalue weighted by Crippen LogP contribution is 2.07. The average Bonchev–Trinajstić information content (AvgIpc) is 2.86. The largest absolute Gasteiger partial charge is 0.378 e. The van der Waals surface area contributed by atoms with Crippen molar-refractivity contribution in [3.8, 4) is 0 Å². The van der Waals surface area contributed by atoms with E-state index >= 15 is 0 Å². The number of amides is 1. The second-order valence-corrected chi connectivity index (χ2v) is 4.83. The van der Waals surface area contributed by atoms with Crippen LogP contribution in [0.1, 0.15) is 29.6 Å². The minimum Gasteiger partial charge on any atom is -0.378 e. The Bertz CT molecular complexity index is 399. The monoisotopic (exact) mass is 266 g/mol. The third-order valence-electron chi connectivity index (χ3n) is 3.21. The van der Waals surface area contributed by atoms with Gasteiger partial charge in [-0.15, -0.1) is 0 Å². The lowest BCUT2D eigenvalue weighted by Crippen LogP contribution is -2.33. The Morgan fingerprint density at radius 2 is 2.37 bits per heavy atom. The van der Waals surface area contributed by atoms with Gasteiger partial charge in [0.05, 0.1) is 17.9 Å². The number of aryl methyl sites for hydroxylation is 1. The molecule has 2 rings (SSSR count). The lowest BCUT2D eigenvalue weighted by Gasteiger charge is -2.22. The summed E-state index contributed by atoms with van der Waals surface area (Å²) < 4.78 is 7.39. The average molecular weight is 266 g/mol. The van der Waals surface area contributed by atoms with Crippen LogP contribution in [0.2, 0.25) is 0 Å². The van der Waals surface area contributed by atoms with E-state index < -0.39 is 0 Å². The molecule has 6 nitrogen and oxygen atoms in total. The number of nitrogens with zero attached hydrogens (tertiary/aromatic N) is 2. The number of hydrogen-bond donors (Lipinski definition) is 2. The quantitative estimate of drug-likeness (QED) is 0.727. The molecule has 0 spiro atoms. The van der Waals surface area contributed by atoms with Crippen LogP contribution in [-0.2, 0) is 11.8 Å². The Balaban J connectivity index is 1.55. The molecule has 19 heavy (non-hydrogen) atoms. The van der Waals surface area contributed by atoms with Crippen LogP contribution in [0.3, 0.4) is 0 Å². The zero-order chi connectivity index (χ0) is 13.5. The summed E-state index contributed by atoms with van der Waals surface area (Å²) in [4.78, 5) is 11.7. The lowest BCUT2D eigenvalue weighted by atomic mass is 10.1. The first-order chi connectivity index (χ1) is 9.25. The number of aromatic nitrogens is 2. The second kappa shape index (κ2) is 7.25. The first-order valence-corrected chi connectivity index (χ1v) is 6.85. The fraction of sp³-hybridized carbons (Fsp3) is 0.692. The summed E-state index contributed by atoms with van der Waals surface area (Å²) in [6.45, 7) is 3.43. The van der Waals surface area contributed by atoms with Crippen LogP contribution in [0.15, 0.2) is 12.4 Å². The molecule has 1 aromatic rings. The minimum atomic E-state index is -0.0741. The molecule has 0 atom stereocenters. The van der Waals surface area contributed by atoms with E-state index in [9.17, 15) is 4.79 Å². The third kappa shape index (κ3) is 4.65. The van der Waals surface area contributed by atoms with Crippen LogP contribution in [0.4, 0.5) is 0 Å². The van der Waals surface area contributed by atoms with Gasteiger partial charge in [0.2, 0.25) is 0 Å². The number of ether oxygens (including phenoxy) is 1. The highest BCUT2D eigenvalue weighted by Gasteiger charge is 2.12. The van der Waals surface area contributed by atoms with Crippen molar-refractivity contribution in [3.63, 3.8) is 0 Å². The van der Waals surface area contributed by atoms with E-state index in [1.165, 1.54) is 0 Å². The first kappa shape index (κ1) is 14.0. The van der Waals surface area contributed by atoms with Gasteiger partial charge in [-0.2, -0.15) is 5.10 Å². The van der Waals surface area contributed by atoms with Crippen LogP contribution < -0.4 is 10.6 Å². The molecule has 0 unspecified atom stereocenters. The molecule has 2 heterocycles. The Hall–Kier alpha value is -1.40. The van der Waals surface area contributed by atoms with Crippen molar-refractivity contribution < 1.29 is 9.53 Å². The maximum Gasteiger partial charge on any atom is 0.254 e. The number of carbonyl (C=O) groups is 1. The van der Waals surface area contributed by atoms with Crippen LogP contribution in [0, 0.1) is 0 Å². The Kier molecular flexibility index (Phi) is 5.35. The number of rotatable bonds is 6. The highest BCUT2D eigenvalue weighted by atomic mass is 16.5. The highest BCUT2D eigenvalue weighted by molar-refractivity contribution is 5.93. The van der Waals surface area contributed by atoms with E-state index in [0.29, 0.717) is 24.8 Å². The van der Waals surface area contributed by atoms with E-state index in [1.54, 1.807) is 24.1 Å². The van der Waals surface area contributed by atoms with Crippen molar-refractivity contribution in [2.45, 2.75) is 25.4 Å². The molecule has 0 saturated carbocycles. The molecule has 0 radical (unpaired) electrons. The van der Waals surface area contributed by atoms with E-state index in [1.807, 2.05) is 0 Å². The Morgan fingerprint density at radius 1 is 1.58 bits per heavy atom. The van der Waals surface area contributed by atoms with Crippen molar-refractivity contribution in [2.24, 2.45) is 7.05 Å². The molecule has 1 saturated heterocycles. The van der Waals surface area contributed by atoms with E-state index in [-0.39, 0.29) is 5.91 Å². The fourth-order valence-electron chi connectivity index (χ4n) is 2.13. The number of carbonyl (C=O) groups excluding carboxylic acids is 1. The SMILES string of the molecule is Cn1cc(C(=O)NCCCOC2CCNCC2)cn1. The topological polar surface area (TPSA) is 68.2 Å². The smallest absolute Gasteiger partial charge is 0.254 e. The summed E-state index contributed by atoms with van der Waals surface area (Å²) in [6.07, 6.45) is 6.68. The number of nitrogens with one attached hydrogen (secondary N) is 2. The van der Waals surface area contributed by atoms with Crippen molar-refractivity contribution in [3.05, 3.63) is 18.0 Å². The summed E-state index contributed by atoms with van der Waals surface area (Å²) in [6, 6.07) is 0. The van der Waals surface area contributed by atoms with Crippen LogP contribution >= 0.6 is 0 Å². The van der Waals surface area contributed by atoms with Gasteiger partial charge in [-0.05, 0) is 32.4 Å². The zero-order valence-electron chi connectivity index (χ0n) is 11.4. The molecule has 1 amide bonds. The number of hydrogen-bond acceptors (Lipinski definition) is 4. The van der Waals surface area contributed by atoms with E-state index in [4.69, 9.17) is 4.74 Å². The predicted molar refractivity (Wildman–Crippen MR) is 72.0 cm³/mol. The van der Waals surface area contributed by atoms with Gasteiger partial charge in [0, 0.05) is 26.4 Å². The van der Waals surface area contributed by atoms with Crippen molar-refractivity contribution >= 4 is 5.91 Å². The Morgan fingerprint density at radius 3 is 3.05 bits per heavy atom. The first-order valence-electron chi connectivity index (χ1n) is 6.85. The molecular formula is C13H22N4O2. The van der Waals surface area contributed by atoms with Crippen LogP contribution in [0.25, 0.3) is 0 Å². The predicted octanol–water partition coefficient (Wildman–Crippen LogP) is 0.309. The van der Waals surface area contributed by atoms with E-state index in [2.05, 4.69) is 15.7 Å². The second-order valence-electron chi connectivity index (χ2n) is 4.83. The maximum absolute atomic E-state index is 11.7. The van der Waals surface area contributed by atoms with Gasteiger partial charge in [-0.1, -0.05) is 0 Å². The molecule has 6 heteroatoms. The zero-order valence-corrected chi connectivity index (χ0v) is 11.4. The summed E-state index contributed by atoms with van der Waals surface area (Å²) in [5.41, 5.74) is 0.599. The molecule has 106 valence electrons. The Labute approximate surface area is 113 Å². The van der Waals surface area contributed by atoms with Gasteiger partial charge in [0.1, 0.15) is 0 Å². The van der Waals surface area contributed by atoms with Crippen molar-refractivity contribution in [2.75, 3.05) is 26.2 Å². The summed E-state index contributed by atoms with van der Waals surface area (Å²) in [5.74, 6) is -0.0741. The van der Waals surface area contributed by atoms with Gasteiger partial charge >= 0.3 is 0 Å². The van der Waals surface area contributed by atoms with Gasteiger partial charge < -0.3 is 15.4 Å². The van der Waals surface area contributed by atoms with Gasteiger partial charge in [0.15, 0.2) is 0 Å². The third-order valence-corrected chi connectivity index (χ3v) is 3.21. The molecule has 1 aliphatic rings. The normalized spacial score (nSPS) is 16.5. The number of piperidine rings is 1. The molecule has 0 bridgehead atoms. The minimum absolute atomic E-state index is 0.0741. The van der Waals surface area contributed by atoms with Crippen LogP contribution in [0.5, 0.6) is 0 Å². The van der Waals surface area contributed by atoms with E-state index in [0.717, 1.165) is 32.4 Å². The molecule has 1 fully saturated rings. The summed E-state index contributed by atoms with van der Waals surface area (Å²) >= 11 is 0. The molecule has 1 aromatic heterocycles. The standard InChI is InChI=1S/C13H22N4O2/c1-17-10-11(9-16-17)13(18)15-5-2-8-19-12-3-6-14-7-4-12/h9-10,12,14H,2-8H2,1H3,(H,15,18). The summed E-state index contributed by atoms with van der Waals surface area (Å²) in [5, 5.41) is 10.1.